The van der Waals surface area contributed by atoms with Crippen LogP contribution < -0.4 is 0 Å². The fourth-order valence-corrected chi connectivity index (χ4v) is 4.59. The van der Waals surface area contributed by atoms with Crippen LogP contribution in [0, 0.1) is 11.8 Å². The van der Waals surface area contributed by atoms with Crippen LogP contribution in [0.3, 0.4) is 0 Å². The number of hydrogen-bond donors (Lipinski definition) is 1. The van der Waals surface area contributed by atoms with Gasteiger partial charge in [0.1, 0.15) is 23.2 Å². The van der Waals surface area contributed by atoms with Crippen molar-refractivity contribution in [2.75, 3.05) is 6.61 Å². The fraction of sp³-hybridized carbons (Fsp3) is 0.750. The van der Waals surface area contributed by atoms with Gasteiger partial charge in [-0.3, -0.25) is 9.59 Å². The molecule has 2 fully saturated rings. The first-order valence-electron chi connectivity index (χ1n) is 7.65. The van der Waals surface area contributed by atoms with Crippen LogP contribution in [0.5, 0.6) is 0 Å². The molecule has 21 heavy (non-hydrogen) atoms. The van der Waals surface area contributed by atoms with Gasteiger partial charge in [0.05, 0.1) is 6.61 Å². The van der Waals surface area contributed by atoms with Crippen molar-refractivity contribution in [3.8, 4) is 0 Å². The lowest BCUT2D eigenvalue weighted by Gasteiger charge is -2.43. The maximum absolute atomic E-state index is 12.6. The SMILES string of the molecule is CC(=O)[C@@H]1CC[C@@]2(C)OC3=C(C[C@@H]12)C(=O)[C@]1(O)CO[C@H]3C1. The van der Waals surface area contributed by atoms with Gasteiger partial charge in [-0.2, -0.15) is 0 Å². The first-order valence-corrected chi connectivity index (χ1v) is 7.65. The average Bonchev–Trinajstić information content (AvgIpc) is 2.94. The predicted octanol–water partition coefficient (Wildman–Crippen LogP) is 1.14. The largest absolute Gasteiger partial charge is 0.488 e. The lowest BCUT2D eigenvalue weighted by Crippen LogP contribution is -2.49. The van der Waals surface area contributed by atoms with Crippen LogP contribution >= 0.6 is 0 Å². The van der Waals surface area contributed by atoms with Crippen molar-refractivity contribution < 1.29 is 24.2 Å². The third-order valence-electron chi connectivity index (χ3n) is 5.84. The molecule has 0 unspecified atom stereocenters. The molecule has 2 aliphatic carbocycles. The quantitative estimate of drug-likeness (QED) is 0.784. The molecule has 114 valence electrons. The number of hydrogen-bond acceptors (Lipinski definition) is 5. The summed E-state index contributed by atoms with van der Waals surface area (Å²) in [4.78, 5) is 24.4. The third kappa shape index (κ3) is 1.64. The van der Waals surface area contributed by atoms with E-state index in [0.717, 1.165) is 12.8 Å². The molecule has 4 aliphatic rings. The highest BCUT2D eigenvalue weighted by Gasteiger charge is 2.60. The van der Waals surface area contributed by atoms with Gasteiger partial charge in [-0.05, 0) is 33.1 Å². The summed E-state index contributed by atoms with van der Waals surface area (Å²) in [6.45, 7) is 3.69. The lowest BCUT2D eigenvalue weighted by molar-refractivity contribution is -0.137. The summed E-state index contributed by atoms with van der Waals surface area (Å²) in [5.74, 6) is 0.496. The van der Waals surface area contributed by atoms with E-state index in [0.29, 0.717) is 24.2 Å². The molecule has 2 bridgehead atoms. The zero-order valence-electron chi connectivity index (χ0n) is 12.3. The van der Waals surface area contributed by atoms with Gasteiger partial charge < -0.3 is 14.6 Å². The van der Waals surface area contributed by atoms with Crippen LogP contribution in [0.2, 0.25) is 0 Å². The Morgan fingerprint density at radius 3 is 2.90 bits per heavy atom. The van der Waals surface area contributed by atoms with E-state index < -0.39 is 11.2 Å². The van der Waals surface area contributed by atoms with Crippen molar-refractivity contribution in [2.45, 2.75) is 56.8 Å². The predicted molar refractivity (Wildman–Crippen MR) is 72.3 cm³/mol. The second-order valence-corrected chi connectivity index (χ2v) is 7.19. The van der Waals surface area contributed by atoms with E-state index >= 15 is 0 Å². The molecule has 0 radical (unpaired) electrons. The van der Waals surface area contributed by atoms with Crippen LogP contribution in [-0.4, -0.2) is 40.6 Å². The Labute approximate surface area is 123 Å². The number of aliphatic hydroxyl groups is 1. The van der Waals surface area contributed by atoms with Gasteiger partial charge in [0.2, 0.25) is 0 Å². The van der Waals surface area contributed by atoms with E-state index in [9.17, 15) is 14.7 Å². The number of rotatable bonds is 1. The molecule has 1 saturated carbocycles. The number of fused-ring (bicyclic) bond motifs is 4. The Balaban J connectivity index is 1.75. The molecule has 5 nitrogen and oxygen atoms in total. The zero-order chi connectivity index (χ0) is 15.0. The van der Waals surface area contributed by atoms with Gasteiger partial charge in [0, 0.05) is 23.8 Å². The second-order valence-electron chi connectivity index (χ2n) is 7.19. The maximum atomic E-state index is 12.6. The third-order valence-corrected chi connectivity index (χ3v) is 5.84. The molecular formula is C16H20O5. The molecule has 0 spiro atoms. The molecule has 1 N–H and O–H groups in total. The van der Waals surface area contributed by atoms with Crippen molar-refractivity contribution in [2.24, 2.45) is 11.8 Å². The topological polar surface area (TPSA) is 72.8 Å². The summed E-state index contributed by atoms with van der Waals surface area (Å²) in [6.07, 6.45) is 2.14. The molecule has 5 atom stereocenters. The summed E-state index contributed by atoms with van der Waals surface area (Å²) >= 11 is 0. The van der Waals surface area contributed by atoms with Gasteiger partial charge in [-0.25, -0.2) is 0 Å². The zero-order valence-corrected chi connectivity index (χ0v) is 12.3. The molecule has 1 saturated heterocycles. The Morgan fingerprint density at radius 2 is 2.19 bits per heavy atom. The first-order chi connectivity index (χ1) is 9.84. The van der Waals surface area contributed by atoms with E-state index in [1.54, 1.807) is 6.92 Å². The monoisotopic (exact) mass is 292 g/mol. The molecule has 0 amide bonds. The lowest BCUT2D eigenvalue weighted by atomic mass is 9.72. The Kier molecular flexibility index (Phi) is 2.54. The van der Waals surface area contributed by atoms with E-state index in [1.807, 2.05) is 6.92 Å². The standard InChI is InChI=1S/C16H20O5/c1-8(17)9-3-4-15(2)11(9)5-10-13(21-15)12-6-16(19,7-20-12)14(10)18/h9,11-12,19H,3-7H2,1-2H3/t9-,11-,12-,15+,16+/m0/s1. The van der Waals surface area contributed by atoms with Crippen molar-refractivity contribution in [3.05, 3.63) is 11.3 Å². The molecule has 2 heterocycles. The summed E-state index contributed by atoms with van der Waals surface area (Å²) in [7, 11) is 0. The second kappa shape index (κ2) is 3.96. The Morgan fingerprint density at radius 1 is 1.43 bits per heavy atom. The van der Waals surface area contributed by atoms with Crippen LogP contribution in [0.1, 0.15) is 39.5 Å². The van der Waals surface area contributed by atoms with Crippen molar-refractivity contribution in [1.82, 2.24) is 0 Å². The molecule has 0 aromatic rings. The number of carbonyl (C=O) groups is 2. The van der Waals surface area contributed by atoms with Gasteiger partial charge >= 0.3 is 0 Å². The van der Waals surface area contributed by atoms with Crippen molar-refractivity contribution in [3.63, 3.8) is 0 Å². The highest BCUT2D eigenvalue weighted by Crippen LogP contribution is 2.54. The smallest absolute Gasteiger partial charge is 0.196 e. The summed E-state index contributed by atoms with van der Waals surface area (Å²) in [5.41, 5.74) is -1.22. The van der Waals surface area contributed by atoms with Crippen molar-refractivity contribution >= 4 is 11.6 Å². The van der Waals surface area contributed by atoms with E-state index in [1.165, 1.54) is 0 Å². The summed E-state index contributed by atoms with van der Waals surface area (Å²) < 4.78 is 11.8. The molecular weight excluding hydrogens is 272 g/mol. The van der Waals surface area contributed by atoms with Crippen molar-refractivity contribution in [1.29, 1.82) is 0 Å². The molecule has 0 aromatic carbocycles. The number of ether oxygens (including phenoxy) is 2. The Hall–Kier alpha value is -1.20. The van der Waals surface area contributed by atoms with Crippen LogP contribution in [0.15, 0.2) is 11.3 Å². The van der Waals surface area contributed by atoms with Crippen LogP contribution in [0.25, 0.3) is 0 Å². The van der Waals surface area contributed by atoms with E-state index in [2.05, 4.69) is 0 Å². The highest BCUT2D eigenvalue weighted by atomic mass is 16.6. The van der Waals surface area contributed by atoms with E-state index in [4.69, 9.17) is 9.47 Å². The molecule has 5 heteroatoms. The minimum absolute atomic E-state index is 0.0267. The molecule has 2 aliphatic heterocycles. The molecule has 4 rings (SSSR count). The summed E-state index contributed by atoms with van der Waals surface area (Å²) in [6, 6.07) is 0. The minimum Gasteiger partial charge on any atom is -0.488 e. The Bertz CT molecular complexity index is 579. The number of Topliss-reactive ketones (excluding diaryl/α,β-unsaturated/α-hetero) is 2. The normalized spacial score (nSPS) is 48.0. The number of ketones is 2. The number of carbonyl (C=O) groups excluding carboxylic acids is 2. The van der Waals surface area contributed by atoms with Gasteiger partial charge in [0.25, 0.3) is 0 Å². The fourth-order valence-electron chi connectivity index (χ4n) is 4.59. The average molecular weight is 292 g/mol. The molecule has 0 aromatic heterocycles. The minimum atomic E-state index is -1.38. The van der Waals surface area contributed by atoms with Gasteiger partial charge in [-0.15, -0.1) is 0 Å². The van der Waals surface area contributed by atoms with Gasteiger partial charge in [0.15, 0.2) is 11.4 Å². The van der Waals surface area contributed by atoms with E-state index in [-0.39, 0.29) is 36.1 Å². The summed E-state index contributed by atoms with van der Waals surface area (Å²) in [5, 5.41) is 10.4. The maximum Gasteiger partial charge on any atom is 0.196 e. The highest BCUT2D eigenvalue weighted by molar-refractivity contribution is 6.04. The first kappa shape index (κ1) is 13.5. The van der Waals surface area contributed by atoms with Crippen LogP contribution in [0.4, 0.5) is 0 Å². The van der Waals surface area contributed by atoms with Crippen LogP contribution in [-0.2, 0) is 19.1 Å². The van der Waals surface area contributed by atoms with Gasteiger partial charge in [-0.1, -0.05) is 0 Å².